The predicted molar refractivity (Wildman–Crippen MR) is 64.6 cm³/mol. The van der Waals surface area contributed by atoms with E-state index in [-0.39, 0.29) is 0 Å². The van der Waals surface area contributed by atoms with Gasteiger partial charge >= 0.3 is 0 Å². The van der Waals surface area contributed by atoms with Gasteiger partial charge in [-0.05, 0) is 17.7 Å². The van der Waals surface area contributed by atoms with Crippen LogP contribution < -0.4 is 0 Å². The van der Waals surface area contributed by atoms with Gasteiger partial charge in [0.2, 0.25) is 0 Å². The number of benzene rings is 2. The molecule has 0 amide bonds. The topological polar surface area (TPSA) is 20.2 Å². The van der Waals surface area contributed by atoms with Gasteiger partial charge < -0.3 is 5.11 Å². The Balaban J connectivity index is 2.44. The molecule has 0 aromatic heterocycles. The zero-order chi connectivity index (χ0) is 12.4. The standard InChI is InChI=1S/C13H9BrF2O/c14-10-7-12(16)11(15)6-9(10)13(17)8-4-2-1-3-5-8/h1-7,13,17H. The highest BCUT2D eigenvalue weighted by atomic mass is 79.9. The molecule has 0 aliphatic rings. The zero-order valence-electron chi connectivity index (χ0n) is 8.70. The Labute approximate surface area is 106 Å². The summed E-state index contributed by atoms with van der Waals surface area (Å²) in [6.07, 6.45) is -0.985. The monoisotopic (exact) mass is 298 g/mol. The second-order valence-electron chi connectivity index (χ2n) is 3.60. The first-order valence-electron chi connectivity index (χ1n) is 4.97. The molecule has 0 saturated heterocycles. The van der Waals surface area contributed by atoms with Crippen LogP contribution in [0.25, 0.3) is 0 Å². The summed E-state index contributed by atoms with van der Waals surface area (Å²) in [4.78, 5) is 0. The second-order valence-corrected chi connectivity index (χ2v) is 4.46. The van der Waals surface area contributed by atoms with E-state index in [1.807, 2.05) is 6.07 Å². The quantitative estimate of drug-likeness (QED) is 0.836. The van der Waals surface area contributed by atoms with Gasteiger partial charge in [-0.25, -0.2) is 8.78 Å². The normalized spacial score (nSPS) is 12.5. The number of aliphatic hydroxyl groups is 1. The molecule has 0 spiro atoms. The molecule has 0 heterocycles. The van der Waals surface area contributed by atoms with Crippen LogP contribution in [0.1, 0.15) is 17.2 Å². The fourth-order valence-electron chi connectivity index (χ4n) is 1.56. The Morgan fingerprint density at radius 3 is 2.24 bits per heavy atom. The molecule has 0 radical (unpaired) electrons. The zero-order valence-corrected chi connectivity index (χ0v) is 10.3. The van der Waals surface area contributed by atoms with E-state index in [2.05, 4.69) is 15.9 Å². The maximum absolute atomic E-state index is 13.1. The van der Waals surface area contributed by atoms with E-state index in [1.165, 1.54) is 0 Å². The van der Waals surface area contributed by atoms with E-state index in [1.54, 1.807) is 24.3 Å². The Hall–Kier alpha value is -1.26. The molecule has 88 valence electrons. The van der Waals surface area contributed by atoms with Crippen molar-refractivity contribution in [1.82, 2.24) is 0 Å². The Kier molecular flexibility index (Phi) is 3.54. The van der Waals surface area contributed by atoms with E-state index in [0.29, 0.717) is 15.6 Å². The lowest BCUT2D eigenvalue weighted by atomic mass is 10.0. The first-order valence-corrected chi connectivity index (χ1v) is 5.76. The third kappa shape index (κ3) is 2.53. The van der Waals surface area contributed by atoms with Crippen molar-refractivity contribution in [1.29, 1.82) is 0 Å². The van der Waals surface area contributed by atoms with Crippen molar-refractivity contribution in [3.8, 4) is 0 Å². The third-order valence-electron chi connectivity index (χ3n) is 2.45. The van der Waals surface area contributed by atoms with Crippen molar-refractivity contribution < 1.29 is 13.9 Å². The minimum Gasteiger partial charge on any atom is -0.384 e. The molecule has 1 N–H and O–H groups in total. The van der Waals surface area contributed by atoms with Gasteiger partial charge in [0.05, 0.1) is 0 Å². The van der Waals surface area contributed by atoms with E-state index in [4.69, 9.17) is 0 Å². The highest BCUT2D eigenvalue weighted by Gasteiger charge is 2.16. The molecule has 0 aliphatic heterocycles. The minimum absolute atomic E-state index is 0.301. The lowest BCUT2D eigenvalue weighted by Gasteiger charge is -2.13. The van der Waals surface area contributed by atoms with Gasteiger partial charge in [0, 0.05) is 10.0 Å². The van der Waals surface area contributed by atoms with Crippen molar-refractivity contribution in [2.45, 2.75) is 6.10 Å². The van der Waals surface area contributed by atoms with E-state index >= 15 is 0 Å². The summed E-state index contributed by atoms with van der Waals surface area (Å²) in [6, 6.07) is 10.8. The fourth-order valence-corrected chi connectivity index (χ4v) is 2.09. The van der Waals surface area contributed by atoms with Gasteiger partial charge in [0.25, 0.3) is 0 Å². The van der Waals surface area contributed by atoms with Crippen molar-refractivity contribution in [3.63, 3.8) is 0 Å². The average molecular weight is 299 g/mol. The molecule has 2 aromatic carbocycles. The van der Waals surface area contributed by atoms with Crippen molar-refractivity contribution in [3.05, 3.63) is 69.7 Å². The minimum atomic E-state index is -0.985. The van der Waals surface area contributed by atoms with Crippen LogP contribution in [-0.2, 0) is 0 Å². The number of rotatable bonds is 2. The summed E-state index contributed by atoms with van der Waals surface area (Å²) in [7, 11) is 0. The molecular formula is C13H9BrF2O. The molecule has 2 aromatic rings. The molecular weight excluding hydrogens is 290 g/mol. The van der Waals surface area contributed by atoms with Crippen LogP contribution in [0, 0.1) is 11.6 Å². The van der Waals surface area contributed by atoms with Gasteiger partial charge in [0.1, 0.15) is 6.10 Å². The molecule has 0 saturated carbocycles. The molecule has 1 nitrogen and oxygen atoms in total. The molecule has 1 atom stereocenters. The van der Waals surface area contributed by atoms with Gasteiger partial charge in [-0.1, -0.05) is 46.3 Å². The summed E-state index contributed by atoms with van der Waals surface area (Å²) < 4.78 is 26.4. The lowest BCUT2D eigenvalue weighted by Crippen LogP contribution is -2.02. The second kappa shape index (κ2) is 4.94. The van der Waals surface area contributed by atoms with Crippen LogP contribution in [0.15, 0.2) is 46.9 Å². The first kappa shape index (κ1) is 12.2. The SMILES string of the molecule is OC(c1ccccc1)c1cc(F)c(F)cc1Br. The maximum atomic E-state index is 13.1. The largest absolute Gasteiger partial charge is 0.384 e. The van der Waals surface area contributed by atoms with Gasteiger partial charge in [0.15, 0.2) is 11.6 Å². The molecule has 17 heavy (non-hydrogen) atoms. The number of hydrogen-bond donors (Lipinski definition) is 1. The Morgan fingerprint density at radius 2 is 1.59 bits per heavy atom. The Morgan fingerprint density at radius 1 is 1.00 bits per heavy atom. The van der Waals surface area contributed by atoms with Crippen molar-refractivity contribution in [2.75, 3.05) is 0 Å². The molecule has 4 heteroatoms. The summed E-state index contributed by atoms with van der Waals surface area (Å²) in [5, 5.41) is 10.1. The predicted octanol–water partition coefficient (Wildman–Crippen LogP) is 3.81. The van der Waals surface area contributed by atoms with Gasteiger partial charge in [-0.3, -0.25) is 0 Å². The van der Waals surface area contributed by atoms with Gasteiger partial charge in [-0.15, -0.1) is 0 Å². The highest BCUT2D eigenvalue weighted by Crippen LogP contribution is 2.30. The van der Waals surface area contributed by atoms with Gasteiger partial charge in [-0.2, -0.15) is 0 Å². The number of aliphatic hydroxyl groups excluding tert-OH is 1. The molecule has 2 rings (SSSR count). The summed E-state index contributed by atoms with van der Waals surface area (Å²) in [5.74, 6) is -1.92. The average Bonchev–Trinajstić information content (AvgIpc) is 2.34. The van der Waals surface area contributed by atoms with Crippen LogP contribution in [0.4, 0.5) is 8.78 Å². The maximum Gasteiger partial charge on any atom is 0.159 e. The first-order chi connectivity index (χ1) is 8.09. The van der Waals surface area contributed by atoms with Crippen LogP contribution in [-0.4, -0.2) is 5.11 Å². The smallest absolute Gasteiger partial charge is 0.159 e. The molecule has 1 unspecified atom stereocenters. The number of halogens is 3. The third-order valence-corrected chi connectivity index (χ3v) is 3.14. The van der Waals surface area contributed by atoms with Crippen LogP contribution in [0.5, 0.6) is 0 Å². The summed E-state index contributed by atoms with van der Waals surface area (Å²) in [6.45, 7) is 0. The Bertz CT molecular complexity index is 528. The van der Waals surface area contributed by atoms with Crippen molar-refractivity contribution in [2.24, 2.45) is 0 Å². The number of hydrogen-bond acceptors (Lipinski definition) is 1. The van der Waals surface area contributed by atoms with E-state index in [9.17, 15) is 13.9 Å². The van der Waals surface area contributed by atoms with E-state index in [0.717, 1.165) is 12.1 Å². The highest BCUT2D eigenvalue weighted by molar-refractivity contribution is 9.10. The van der Waals surface area contributed by atoms with E-state index < -0.39 is 17.7 Å². The molecule has 0 fully saturated rings. The molecule has 0 aliphatic carbocycles. The van der Waals surface area contributed by atoms with Crippen molar-refractivity contribution >= 4 is 15.9 Å². The molecule has 0 bridgehead atoms. The fraction of sp³-hybridized carbons (Fsp3) is 0.0769. The summed E-state index contributed by atoms with van der Waals surface area (Å²) >= 11 is 3.11. The lowest BCUT2D eigenvalue weighted by molar-refractivity contribution is 0.218. The van der Waals surface area contributed by atoms with Crippen LogP contribution >= 0.6 is 15.9 Å². The van der Waals surface area contributed by atoms with Crippen LogP contribution in [0.2, 0.25) is 0 Å². The summed E-state index contributed by atoms with van der Waals surface area (Å²) in [5.41, 5.74) is 0.925. The van der Waals surface area contributed by atoms with Crippen LogP contribution in [0.3, 0.4) is 0 Å².